The van der Waals surface area contributed by atoms with Crippen molar-refractivity contribution in [2.75, 3.05) is 11.9 Å². The molecule has 1 amide bonds. The molecule has 3 rings (SSSR count). The zero-order chi connectivity index (χ0) is 22.9. The third kappa shape index (κ3) is 6.41. The SMILES string of the molecule is CCCc1ccccc1Oc1cccc(NC(=O)c2ccc(CC(C)OCC)nc2C)c1. The van der Waals surface area contributed by atoms with E-state index in [1.165, 1.54) is 5.56 Å². The lowest BCUT2D eigenvalue weighted by molar-refractivity contribution is 0.0761. The van der Waals surface area contributed by atoms with Crippen LogP contribution in [0.15, 0.2) is 60.7 Å². The fourth-order valence-electron chi connectivity index (χ4n) is 3.65. The number of aryl methyl sites for hydroxylation is 2. The van der Waals surface area contributed by atoms with Gasteiger partial charge in [0.15, 0.2) is 0 Å². The molecular formula is C27H32N2O3. The van der Waals surface area contributed by atoms with Gasteiger partial charge < -0.3 is 14.8 Å². The average molecular weight is 433 g/mol. The maximum absolute atomic E-state index is 12.9. The summed E-state index contributed by atoms with van der Waals surface area (Å²) in [6.07, 6.45) is 2.82. The molecule has 32 heavy (non-hydrogen) atoms. The Hall–Kier alpha value is -3.18. The molecule has 0 aliphatic heterocycles. The van der Waals surface area contributed by atoms with Gasteiger partial charge in [-0.2, -0.15) is 0 Å². The molecule has 1 unspecified atom stereocenters. The van der Waals surface area contributed by atoms with E-state index in [4.69, 9.17) is 9.47 Å². The molecule has 1 heterocycles. The zero-order valence-electron chi connectivity index (χ0n) is 19.4. The van der Waals surface area contributed by atoms with Gasteiger partial charge in [-0.05, 0) is 63.1 Å². The summed E-state index contributed by atoms with van der Waals surface area (Å²) in [7, 11) is 0. The first-order chi connectivity index (χ1) is 15.5. The van der Waals surface area contributed by atoms with Gasteiger partial charge in [-0.3, -0.25) is 9.78 Å². The van der Waals surface area contributed by atoms with Gasteiger partial charge in [-0.1, -0.05) is 37.6 Å². The van der Waals surface area contributed by atoms with Gasteiger partial charge in [0.25, 0.3) is 5.91 Å². The Morgan fingerprint density at radius 3 is 2.62 bits per heavy atom. The Labute approximate surface area is 190 Å². The number of benzene rings is 2. The summed E-state index contributed by atoms with van der Waals surface area (Å²) in [4.78, 5) is 17.5. The summed E-state index contributed by atoms with van der Waals surface area (Å²) in [6, 6.07) is 19.2. The minimum absolute atomic E-state index is 0.0942. The van der Waals surface area contributed by atoms with Gasteiger partial charge >= 0.3 is 0 Å². The lowest BCUT2D eigenvalue weighted by Crippen LogP contribution is -2.16. The average Bonchev–Trinajstić information content (AvgIpc) is 2.76. The molecule has 0 saturated heterocycles. The molecule has 5 heteroatoms. The minimum Gasteiger partial charge on any atom is -0.457 e. The number of amides is 1. The van der Waals surface area contributed by atoms with Gasteiger partial charge in [0.2, 0.25) is 0 Å². The van der Waals surface area contributed by atoms with Crippen molar-refractivity contribution in [3.8, 4) is 11.5 Å². The summed E-state index contributed by atoms with van der Waals surface area (Å²) in [5.41, 5.74) is 4.02. The summed E-state index contributed by atoms with van der Waals surface area (Å²) in [6.45, 7) is 8.68. The number of pyridine rings is 1. The van der Waals surface area contributed by atoms with Crippen LogP contribution in [0.4, 0.5) is 5.69 Å². The molecule has 0 aliphatic carbocycles. The van der Waals surface area contributed by atoms with Crippen LogP contribution in [0.3, 0.4) is 0 Å². The summed E-state index contributed by atoms with van der Waals surface area (Å²) < 4.78 is 11.7. The monoisotopic (exact) mass is 432 g/mol. The van der Waals surface area contributed by atoms with Crippen LogP contribution in [-0.4, -0.2) is 23.6 Å². The topological polar surface area (TPSA) is 60.5 Å². The molecular weight excluding hydrogens is 400 g/mol. The van der Waals surface area contributed by atoms with Gasteiger partial charge in [-0.15, -0.1) is 0 Å². The molecule has 0 radical (unpaired) electrons. The normalized spacial score (nSPS) is 11.8. The van der Waals surface area contributed by atoms with Gasteiger partial charge in [-0.25, -0.2) is 0 Å². The van der Waals surface area contributed by atoms with E-state index in [1.54, 1.807) is 0 Å². The highest BCUT2D eigenvalue weighted by atomic mass is 16.5. The Morgan fingerprint density at radius 1 is 1.06 bits per heavy atom. The lowest BCUT2D eigenvalue weighted by Gasteiger charge is -2.14. The van der Waals surface area contributed by atoms with Gasteiger partial charge in [0.05, 0.1) is 17.4 Å². The van der Waals surface area contributed by atoms with Crippen LogP contribution in [0.2, 0.25) is 0 Å². The highest BCUT2D eigenvalue weighted by molar-refractivity contribution is 6.05. The number of rotatable bonds is 10. The molecule has 0 aliphatic rings. The van der Waals surface area contributed by atoms with Crippen LogP contribution < -0.4 is 10.1 Å². The van der Waals surface area contributed by atoms with Crippen LogP contribution >= 0.6 is 0 Å². The van der Waals surface area contributed by atoms with E-state index in [1.807, 2.05) is 75.4 Å². The number of para-hydroxylation sites is 1. The molecule has 5 nitrogen and oxygen atoms in total. The second kappa shape index (κ2) is 11.4. The molecule has 168 valence electrons. The first-order valence-corrected chi connectivity index (χ1v) is 11.3. The third-order valence-electron chi connectivity index (χ3n) is 5.15. The lowest BCUT2D eigenvalue weighted by atomic mass is 10.1. The second-order valence-corrected chi connectivity index (χ2v) is 7.85. The Bertz CT molecular complexity index is 1050. The third-order valence-corrected chi connectivity index (χ3v) is 5.15. The zero-order valence-corrected chi connectivity index (χ0v) is 19.4. The van der Waals surface area contributed by atoms with Crippen LogP contribution in [0.1, 0.15) is 54.5 Å². The number of hydrogen-bond donors (Lipinski definition) is 1. The summed E-state index contributed by atoms with van der Waals surface area (Å²) in [5.74, 6) is 1.33. The molecule has 3 aromatic rings. The van der Waals surface area contributed by atoms with Crippen LogP contribution in [0, 0.1) is 6.92 Å². The molecule has 0 spiro atoms. The number of nitrogens with one attached hydrogen (secondary N) is 1. The molecule has 1 aromatic heterocycles. The molecule has 1 N–H and O–H groups in total. The van der Waals surface area contributed by atoms with Crippen LogP contribution in [-0.2, 0) is 17.6 Å². The van der Waals surface area contributed by atoms with Crippen molar-refractivity contribution in [1.29, 1.82) is 0 Å². The number of carbonyl (C=O) groups is 1. The Balaban J connectivity index is 1.70. The predicted octanol–water partition coefficient (Wildman–Crippen LogP) is 6.35. The summed E-state index contributed by atoms with van der Waals surface area (Å²) >= 11 is 0. The van der Waals surface area contributed by atoms with Crippen molar-refractivity contribution in [3.05, 3.63) is 83.2 Å². The van der Waals surface area contributed by atoms with Crippen LogP contribution in [0.25, 0.3) is 0 Å². The van der Waals surface area contributed by atoms with E-state index < -0.39 is 0 Å². The number of nitrogens with zero attached hydrogens (tertiary/aromatic N) is 1. The van der Waals surface area contributed by atoms with Crippen molar-refractivity contribution in [2.24, 2.45) is 0 Å². The van der Waals surface area contributed by atoms with E-state index in [0.717, 1.165) is 30.7 Å². The fraction of sp³-hybridized carbons (Fsp3) is 0.333. The van der Waals surface area contributed by atoms with E-state index in [-0.39, 0.29) is 12.0 Å². The highest BCUT2D eigenvalue weighted by Crippen LogP contribution is 2.28. The maximum atomic E-state index is 12.9. The standard InChI is InChI=1S/C27H32N2O3/c1-5-10-21-11-7-8-14-26(21)32-24-13-9-12-22(18-24)29-27(30)25-16-15-23(28-20(25)4)17-19(3)31-6-2/h7-9,11-16,18-19H,5-6,10,17H2,1-4H3,(H,29,30). The Morgan fingerprint density at radius 2 is 1.88 bits per heavy atom. The number of ether oxygens (including phenoxy) is 2. The fourth-order valence-corrected chi connectivity index (χ4v) is 3.65. The van der Waals surface area contributed by atoms with Crippen molar-refractivity contribution >= 4 is 11.6 Å². The van der Waals surface area contributed by atoms with Gasteiger partial charge in [0, 0.05) is 30.5 Å². The second-order valence-electron chi connectivity index (χ2n) is 7.85. The first kappa shape index (κ1) is 23.5. The van der Waals surface area contributed by atoms with Gasteiger partial charge in [0.1, 0.15) is 11.5 Å². The van der Waals surface area contributed by atoms with Crippen molar-refractivity contribution < 1.29 is 14.3 Å². The van der Waals surface area contributed by atoms with E-state index in [9.17, 15) is 4.79 Å². The van der Waals surface area contributed by atoms with Crippen molar-refractivity contribution in [3.63, 3.8) is 0 Å². The molecule has 1 atom stereocenters. The number of carbonyl (C=O) groups excluding carboxylic acids is 1. The smallest absolute Gasteiger partial charge is 0.257 e. The van der Waals surface area contributed by atoms with Crippen molar-refractivity contribution in [2.45, 2.75) is 53.1 Å². The maximum Gasteiger partial charge on any atom is 0.257 e. The highest BCUT2D eigenvalue weighted by Gasteiger charge is 2.13. The Kier molecular flexibility index (Phi) is 8.40. The summed E-state index contributed by atoms with van der Waals surface area (Å²) in [5, 5.41) is 2.96. The first-order valence-electron chi connectivity index (χ1n) is 11.3. The molecule has 0 bridgehead atoms. The largest absolute Gasteiger partial charge is 0.457 e. The molecule has 0 fully saturated rings. The number of aromatic nitrogens is 1. The van der Waals surface area contributed by atoms with Crippen molar-refractivity contribution in [1.82, 2.24) is 4.98 Å². The van der Waals surface area contributed by atoms with E-state index in [2.05, 4.69) is 23.3 Å². The number of anilines is 1. The number of hydrogen-bond acceptors (Lipinski definition) is 4. The van der Waals surface area contributed by atoms with E-state index >= 15 is 0 Å². The van der Waals surface area contributed by atoms with E-state index in [0.29, 0.717) is 29.3 Å². The molecule has 0 saturated carbocycles. The van der Waals surface area contributed by atoms with Crippen LogP contribution in [0.5, 0.6) is 11.5 Å². The molecule has 2 aromatic carbocycles. The quantitative estimate of drug-likeness (QED) is 0.405. The predicted molar refractivity (Wildman–Crippen MR) is 129 cm³/mol. The minimum atomic E-state index is -0.192.